The monoisotopic (exact) mass is 399 g/mol. The van der Waals surface area contributed by atoms with E-state index in [2.05, 4.69) is 5.32 Å². The van der Waals surface area contributed by atoms with Crippen LogP contribution in [0.2, 0.25) is 0 Å². The number of carbonyl (C=O) groups is 2. The zero-order chi connectivity index (χ0) is 21.1. The highest BCUT2D eigenvalue weighted by Crippen LogP contribution is 2.26. The number of ether oxygens (including phenoxy) is 2. The van der Waals surface area contributed by atoms with Gasteiger partial charge in [-0.3, -0.25) is 9.59 Å². The fourth-order valence-electron chi connectivity index (χ4n) is 2.88. The number of hydrogen-bond donors (Lipinski definition) is 2. The fourth-order valence-corrected chi connectivity index (χ4v) is 2.88. The third-order valence-corrected chi connectivity index (χ3v) is 4.43. The summed E-state index contributed by atoms with van der Waals surface area (Å²) in [6.45, 7) is 4.90. The highest BCUT2D eigenvalue weighted by atomic mass is 16.5. The molecule has 2 rings (SSSR count). The summed E-state index contributed by atoms with van der Waals surface area (Å²) in [5.41, 5.74) is 1.39. The molecule has 6 heteroatoms. The van der Waals surface area contributed by atoms with Gasteiger partial charge in [0.25, 0.3) is 0 Å². The first kappa shape index (κ1) is 22.6. The first-order valence-electron chi connectivity index (χ1n) is 9.65. The van der Waals surface area contributed by atoms with E-state index in [1.54, 1.807) is 0 Å². The summed E-state index contributed by atoms with van der Waals surface area (Å²) >= 11 is 0. The Morgan fingerprint density at radius 3 is 2.07 bits per heavy atom. The van der Waals surface area contributed by atoms with Crippen LogP contribution in [0, 0.1) is 5.41 Å². The fraction of sp³-hybridized carbons (Fsp3) is 0.391. The molecule has 0 bridgehead atoms. The van der Waals surface area contributed by atoms with Crippen LogP contribution in [0.5, 0.6) is 0 Å². The molecule has 6 nitrogen and oxygen atoms in total. The van der Waals surface area contributed by atoms with Gasteiger partial charge in [-0.1, -0.05) is 74.5 Å². The van der Waals surface area contributed by atoms with E-state index >= 15 is 0 Å². The molecule has 1 amide bonds. The molecule has 0 heterocycles. The van der Waals surface area contributed by atoms with Gasteiger partial charge in [0.2, 0.25) is 5.91 Å². The third-order valence-electron chi connectivity index (χ3n) is 4.43. The summed E-state index contributed by atoms with van der Waals surface area (Å²) in [6, 6.07) is 19.4. The Hall–Kier alpha value is -2.70. The summed E-state index contributed by atoms with van der Waals surface area (Å²) in [5, 5.41) is 11.5. The maximum Gasteiger partial charge on any atom is 0.305 e. The lowest BCUT2D eigenvalue weighted by Gasteiger charge is -2.33. The van der Waals surface area contributed by atoms with Gasteiger partial charge < -0.3 is 19.9 Å². The lowest BCUT2D eigenvalue weighted by Crippen LogP contribution is -2.48. The van der Waals surface area contributed by atoms with E-state index in [1.165, 1.54) is 0 Å². The van der Waals surface area contributed by atoms with E-state index in [1.807, 2.05) is 74.5 Å². The number of aliphatic carboxylic acids is 1. The van der Waals surface area contributed by atoms with Gasteiger partial charge in [-0.05, 0) is 11.1 Å². The van der Waals surface area contributed by atoms with Crippen molar-refractivity contribution >= 4 is 11.9 Å². The molecule has 2 aromatic carbocycles. The Kier molecular flexibility index (Phi) is 8.83. The predicted molar refractivity (Wildman–Crippen MR) is 110 cm³/mol. The first-order valence-corrected chi connectivity index (χ1v) is 9.65. The second kappa shape index (κ2) is 11.3. The van der Waals surface area contributed by atoms with Crippen molar-refractivity contribution in [2.24, 2.45) is 5.41 Å². The summed E-state index contributed by atoms with van der Waals surface area (Å²) in [5.74, 6) is -1.30. The van der Waals surface area contributed by atoms with Crippen molar-refractivity contribution < 1.29 is 24.2 Å². The van der Waals surface area contributed by atoms with E-state index in [-0.39, 0.29) is 25.5 Å². The van der Waals surface area contributed by atoms with Gasteiger partial charge in [-0.2, -0.15) is 0 Å². The average Bonchev–Trinajstić information content (AvgIpc) is 2.69. The van der Waals surface area contributed by atoms with E-state index in [0.29, 0.717) is 13.2 Å². The molecule has 0 aliphatic rings. The number of nitrogens with one attached hydrogen (secondary N) is 1. The Morgan fingerprint density at radius 1 is 0.966 bits per heavy atom. The minimum absolute atomic E-state index is 0.0559. The predicted octanol–water partition coefficient (Wildman–Crippen LogP) is 3.41. The number of carboxylic acids is 1. The highest BCUT2D eigenvalue weighted by molar-refractivity contribution is 5.82. The molecule has 0 saturated carbocycles. The quantitative estimate of drug-likeness (QED) is 0.571. The first-order chi connectivity index (χ1) is 13.9. The van der Waals surface area contributed by atoms with Crippen LogP contribution in [0.25, 0.3) is 0 Å². The zero-order valence-electron chi connectivity index (χ0n) is 17.0. The standard InChI is InChI=1S/C23H29NO5/c1-23(2,17-28-15-18-9-5-3-6-10-18)21(22(27)24-14-13-20(25)26)29-16-19-11-7-4-8-12-19/h3-12,21H,13-17H2,1-2H3,(H,24,27)(H,25,26). The smallest absolute Gasteiger partial charge is 0.305 e. The Morgan fingerprint density at radius 2 is 1.52 bits per heavy atom. The van der Waals surface area contributed by atoms with E-state index in [0.717, 1.165) is 11.1 Å². The molecule has 0 fully saturated rings. The van der Waals surface area contributed by atoms with Crippen LogP contribution in [-0.2, 0) is 32.3 Å². The van der Waals surface area contributed by atoms with E-state index < -0.39 is 17.5 Å². The number of hydrogen-bond acceptors (Lipinski definition) is 4. The van der Waals surface area contributed by atoms with Crippen LogP contribution in [0.15, 0.2) is 60.7 Å². The highest BCUT2D eigenvalue weighted by Gasteiger charge is 2.36. The van der Waals surface area contributed by atoms with Crippen molar-refractivity contribution in [3.8, 4) is 0 Å². The molecule has 29 heavy (non-hydrogen) atoms. The average molecular weight is 399 g/mol. The van der Waals surface area contributed by atoms with E-state index in [4.69, 9.17) is 14.6 Å². The molecule has 0 aliphatic carbocycles. The van der Waals surface area contributed by atoms with Crippen molar-refractivity contribution in [3.05, 3.63) is 71.8 Å². The zero-order valence-corrected chi connectivity index (χ0v) is 17.0. The molecule has 1 atom stereocenters. The van der Waals surface area contributed by atoms with Crippen LogP contribution in [-0.4, -0.2) is 36.2 Å². The molecule has 0 radical (unpaired) electrons. The summed E-state index contributed by atoms with van der Waals surface area (Å²) in [7, 11) is 0. The van der Waals surface area contributed by atoms with Crippen molar-refractivity contribution in [2.75, 3.05) is 13.2 Å². The van der Waals surface area contributed by atoms with Gasteiger partial charge in [0.05, 0.1) is 26.2 Å². The summed E-state index contributed by atoms with van der Waals surface area (Å²) < 4.78 is 11.8. The third kappa shape index (κ3) is 8.05. The maximum absolute atomic E-state index is 12.7. The topological polar surface area (TPSA) is 84.9 Å². The van der Waals surface area contributed by atoms with Crippen molar-refractivity contribution in [1.29, 1.82) is 0 Å². The molecule has 0 aromatic heterocycles. The lowest BCUT2D eigenvalue weighted by molar-refractivity contribution is -0.147. The molecule has 1 unspecified atom stereocenters. The molecule has 0 aliphatic heterocycles. The second-order valence-electron chi connectivity index (χ2n) is 7.58. The van der Waals surface area contributed by atoms with Gasteiger partial charge >= 0.3 is 5.97 Å². The lowest BCUT2D eigenvalue weighted by atomic mass is 9.86. The van der Waals surface area contributed by atoms with Crippen LogP contribution in [0.3, 0.4) is 0 Å². The maximum atomic E-state index is 12.7. The van der Waals surface area contributed by atoms with Crippen molar-refractivity contribution in [1.82, 2.24) is 5.32 Å². The number of benzene rings is 2. The second-order valence-corrected chi connectivity index (χ2v) is 7.58. The molecule has 156 valence electrons. The van der Waals surface area contributed by atoms with Crippen LogP contribution < -0.4 is 5.32 Å². The Balaban J connectivity index is 1.99. The van der Waals surface area contributed by atoms with Gasteiger partial charge in [0, 0.05) is 12.0 Å². The largest absolute Gasteiger partial charge is 0.481 e. The minimum Gasteiger partial charge on any atom is -0.481 e. The molecule has 2 aromatic rings. The Bertz CT molecular complexity index is 761. The van der Waals surface area contributed by atoms with Crippen LogP contribution in [0.4, 0.5) is 0 Å². The number of carbonyl (C=O) groups excluding carboxylic acids is 1. The van der Waals surface area contributed by atoms with Gasteiger partial charge in [-0.15, -0.1) is 0 Å². The molecule has 0 saturated heterocycles. The van der Waals surface area contributed by atoms with Crippen molar-refractivity contribution in [3.63, 3.8) is 0 Å². The number of carboxylic acid groups (broad SMARTS) is 1. The molecule has 2 N–H and O–H groups in total. The molecular weight excluding hydrogens is 370 g/mol. The Labute approximate surface area is 171 Å². The normalized spacial score (nSPS) is 12.3. The van der Waals surface area contributed by atoms with Crippen molar-refractivity contribution in [2.45, 2.75) is 39.6 Å². The summed E-state index contributed by atoms with van der Waals surface area (Å²) in [4.78, 5) is 23.5. The minimum atomic E-state index is -0.961. The van der Waals surface area contributed by atoms with Gasteiger partial charge in [0.15, 0.2) is 0 Å². The summed E-state index contributed by atoms with van der Waals surface area (Å²) in [6.07, 6.45) is -0.922. The number of rotatable bonds is 12. The van der Waals surface area contributed by atoms with Gasteiger partial charge in [-0.25, -0.2) is 0 Å². The molecule has 0 spiro atoms. The van der Waals surface area contributed by atoms with Gasteiger partial charge in [0.1, 0.15) is 6.10 Å². The van der Waals surface area contributed by atoms with Crippen LogP contribution >= 0.6 is 0 Å². The van der Waals surface area contributed by atoms with E-state index in [9.17, 15) is 9.59 Å². The number of amides is 1. The van der Waals surface area contributed by atoms with Crippen LogP contribution in [0.1, 0.15) is 31.4 Å². The molecular formula is C23H29NO5. The SMILES string of the molecule is CC(C)(COCc1ccccc1)C(OCc1ccccc1)C(=O)NCCC(=O)O.